The monoisotopic (exact) mass is 354 g/mol. The fourth-order valence-electron chi connectivity index (χ4n) is 1.71. The van der Waals surface area contributed by atoms with Gasteiger partial charge in [0.2, 0.25) is 10.0 Å². The number of carbonyl (C=O) groups excluding carboxylic acids is 1. The summed E-state index contributed by atoms with van der Waals surface area (Å²) in [5, 5.41) is 3.20. The molecule has 0 spiro atoms. The molecule has 0 unspecified atom stereocenters. The molecule has 2 N–H and O–H groups in total. The Morgan fingerprint density at radius 2 is 1.70 bits per heavy atom. The van der Waals surface area contributed by atoms with Crippen molar-refractivity contribution in [3.63, 3.8) is 0 Å². The van der Waals surface area contributed by atoms with Gasteiger partial charge < -0.3 is 10.1 Å². The van der Waals surface area contributed by atoms with Gasteiger partial charge >= 0.3 is 0 Å². The quantitative estimate of drug-likeness (QED) is 0.833. The lowest BCUT2D eigenvalue weighted by atomic mass is 10.3. The Bertz CT molecular complexity index is 774. The summed E-state index contributed by atoms with van der Waals surface area (Å²) in [4.78, 5) is 11.9. The molecule has 0 bridgehead atoms. The van der Waals surface area contributed by atoms with Crippen LogP contribution in [-0.2, 0) is 14.8 Å². The van der Waals surface area contributed by atoms with Crippen molar-refractivity contribution in [1.82, 2.24) is 4.72 Å². The third-order valence-corrected chi connectivity index (χ3v) is 4.58. The molecule has 6 nitrogen and oxygen atoms in total. The third kappa shape index (κ3) is 4.95. The molecule has 0 aliphatic rings. The van der Waals surface area contributed by atoms with Crippen molar-refractivity contribution in [2.45, 2.75) is 4.90 Å². The van der Waals surface area contributed by atoms with E-state index < -0.39 is 10.0 Å². The zero-order valence-electron chi connectivity index (χ0n) is 12.2. The number of carbonyl (C=O) groups is 1. The average Bonchev–Trinajstić information content (AvgIpc) is 2.55. The number of nitrogens with one attached hydrogen (secondary N) is 2. The molecule has 23 heavy (non-hydrogen) atoms. The molecule has 0 atom stereocenters. The number of halogens is 1. The van der Waals surface area contributed by atoms with Crippen LogP contribution >= 0.6 is 11.6 Å². The summed E-state index contributed by atoms with van der Waals surface area (Å²) in [5.74, 6) is 0.171. The third-order valence-electron chi connectivity index (χ3n) is 2.90. The Kier molecular flexibility index (Phi) is 5.59. The Morgan fingerprint density at radius 3 is 2.26 bits per heavy atom. The van der Waals surface area contributed by atoms with Crippen molar-refractivity contribution in [2.24, 2.45) is 0 Å². The highest BCUT2D eigenvalue weighted by Gasteiger charge is 2.11. The highest BCUT2D eigenvalue weighted by Crippen LogP contribution is 2.16. The van der Waals surface area contributed by atoms with Gasteiger partial charge in [0.05, 0.1) is 4.90 Å². The van der Waals surface area contributed by atoms with Crippen molar-refractivity contribution in [1.29, 1.82) is 0 Å². The second-order valence-corrected chi connectivity index (χ2v) is 6.85. The first-order valence-electron chi connectivity index (χ1n) is 6.62. The number of sulfonamides is 1. The molecule has 0 saturated carbocycles. The molecule has 0 heterocycles. The van der Waals surface area contributed by atoms with Gasteiger partial charge in [-0.2, -0.15) is 0 Å². The molecule has 1 amide bonds. The van der Waals surface area contributed by atoms with E-state index in [9.17, 15) is 13.2 Å². The van der Waals surface area contributed by atoms with Crippen LogP contribution in [0.3, 0.4) is 0 Å². The van der Waals surface area contributed by atoms with Gasteiger partial charge in [-0.3, -0.25) is 4.79 Å². The summed E-state index contributed by atoms with van der Waals surface area (Å²) in [6.45, 7) is -0.168. The van der Waals surface area contributed by atoms with Gasteiger partial charge in [0.1, 0.15) is 5.75 Å². The Morgan fingerprint density at radius 1 is 1.09 bits per heavy atom. The number of hydrogen-bond donors (Lipinski definition) is 2. The lowest BCUT2D eigenvalue weighted by Crippen LogP contribution is -2.20. The van der Waals surface area contributed by atoms with Crippen LogP contribution in [0.5, 0.6) is 5.75 Å². The number of amides is 1. The van der Waals surface area contributed by atoms with Crippen LogP contribution in [0.15, 0.2) is 53.4 Å². The molecule has 0 aliphatic carbocycles. The standard InChI is InChI=1S/C15H15ClN2O4S/c1-17-23(20,21)14-8-4-12(5-9-14)18-15(19)10-22-13-6-2-11(16)3-7-13/h2-9,17H,10H2,1H3,(H,18,19). The lowest BCUT2D eigenvalue weighted by molar-refractivity contribution is -0.118. The predicted molar refractivity (Wildman–Crippen MR) is 88.3 cm³/mol. The second-order valence-electron chi connectivity index (χ2n) is 4.52. The zero-order chi connectivity index (χ0) is 16.9. The van der Waals surface area contributed by atoms with Crippen LogP contribution in [0.25, 0.3) is 0 Å². The molecule has 8 heteroatoms. The molecular weight excluding hydrogens is 340 g/mol. The second kappa shape index (κ2) is 7.45. The van der Waals surface area contributed by atoms with Gasteiger partial charge in [-0.25, -0.2) is 13.1 Å². The van der Waals surface area contributed by atoms with Gasteiger partial charge in [-0.05, 0) is 55.6 Å². The number of anilines is 1. The minimum Gasteiger partial charge on any atom is -0.484 e. The fourth-order valence-corrected chi connectivity index (χ4v) is 2.57. The number of ether oxygens (including phenoxy) is 1. The lowest BCUT2D eigenvalue weighted by Gasteiger charge is -2.08. The Labute approximate surface area is 139 Å². The van der Waals surface area contributed by atoms with E-state index >= 15 is 0 Å². The molecular formula is C15H15ClN2O4S. The molecule has 0 radical (unpaired) electrons. The highest BCUT2D eigenvalue weighted by atomic mass is 35.5. The number of rotatable bonds is 6. The maximum absolute atomic E-state index is 11.8. The first-order valence-corrected chi connectivity index (χ1v) is 8.48. The van der Waals surface area contributed by atoms with Gasteiger partial charge in [0.15, 0.2) is 6.61 Å². The van der Waals surface area contributed by atoms with Gasteiger partial charge in [-0.1, -0.05) is 11.6 Å². The van der Waals surface area contributed by atoms with E-state index in [0.29, 0.717) is 16.5 Å². The van der Waals surface area contributed by atoms with Crippen molar-refractivity contribution in [3.8, 4) is 5.75 Å². The fraction of sp³-hybridized carbons (Fsp3) is 0.133. The number of hydrogen-bond acceptors (Lipinski definition) is 4. The first-order chi connectivity index (χ1) is 10.9. The first kappa shape index (κ1) is 17.3. The maximum Gasteiger partial charge on any atom is 0.262 e. The largest absolute Gasteiger partial charge is 0.484 e. The summed E-state index contributed by atoms with van der Waals surface area (Å²) in [5.41, 5.74) is 0.477. The molecule has 0 aromatic heterocycles. The SMILES string of the molecule is CNS(=O)(=O)c1ccc(NC(=O)COc2ccc(Cl)cc2)cc1. The maximum atomic E-state index is 11.8. The molecule has 2 aromatic rings. The van der Waals surface area contributed by atoms with Crippen molar-refractivity contribution in [3.05, 3.63) is 53.6 Å². The van der Waals surface area contributed by atoms with Crippen molar-refractivity contribution >= 4 is 33.2 Å². The van der Waals surface area contributed by atoms with E-state index in [-0.39, 0.29) is 17.4 Å². The van der Waals surface area contributed by atoms with Crippen LogP contribution in [0.4, 0.5) is 5.69 Å². The minimum atomic E-state index is -3.49. The van der Waals surface area contributed by atoms with Crippen LogP contribution in [0.1, 0.15) is 0 Å². The summed E-state index contributed by atoms with van der Waals surface area (Å²) in [7, 11) is -2.16. The van der Waals surface area contributed by atoms with E-state index in [1.165, 1.54) is 31.3 Å². The minimum absolute atomic E-state index is 0.121. The van der Waals surface area contributed by atoms with E-state index in [2.05, 4.69) is 10.0 Å². The number of benzene rings is 2. The molecule has 0 saturated heterocycles. The topological polar surface area (TPSA) is 84.5 Å². The van der Waals surface area contributed by atoms with Crippen molar-refractivity contribution in [2.75, 3.05) is 19.0 Å². The molecule has 2 aromatic carbocycles. The zero-order valence-corrected chi connectivity index (χ0v) is 13.8. The van der Waals surface area contributed by atoms with E-state index in [0.717, 1.165) is 0 Å². The Hall–Kier alpha value is -2.09. The van der Waals surface area contributed by atoms with Crippen LogP contribution in [-0.4, -0.2) is 28.0 Å². The molecule has 122 valence electrons. The highest BCUT2D eigenvalue weighted by molar-refractivity contribution is 7.89. The van der Waals surface area contributed by atoms with E-state index in [1.807, 2.05) is 0 Å². The average molecular weight is 355 g/mol. The van der Waals surface area contributed by atoms with Gasteiger partial charge in [0.25, 0.3) is 5.91 Å². The predicted octanol–water partition coefficient (Wildman–Crippen LogP) is 2.27. The van der Waals surface area contributed by atoms with Crippen molar-refractivity contribution < 1.29 is 17.9 Å². The van der Waals surface area contributed by atoms with Crippen LogP contribution in [0.2, 0.25) is 5.02 Å². The van der Waals surface area contributed by atoms with Gasteiger partial charge in [0, 0.05) is 10.7 Å². The molecule has 2 rings (SSSR count). The smallest absolute Gasteiger partial charge is 0.262 e. The van der Waals surface area contributed by atoms with E-state index in [4.69, 9.17) is 16.3 Å². The normalized spacial score (nSPS) is 11.0. The van der Waals surface area contributed by atoms with Gasteiger partial charge in [-0.15, -0.1) is 0 Å². The molecule has 0 fully saturated rings. The summed E-state index contributed by atoms with van der Waals surface area (Å²) >= 11 is 5.75. The summed E-state index contributed by atoms with van der Waals surface area (Å²) in [6.07, 6.45) is 0. The van der Waals surface area contributed by atoms with E-state index in [1.54, 1.807) is 24.3 Å². The summed E-state index contributed by atoms with van der Waals surface area (Å²) < 4.78 is 30.7. The summed E-state index contributed by atoms with van der Waals surface area (Å²) in [6, 6.07) is 12.5. The van der Waals surface area contributed by atoms with Crippen LogP contribution < -0.4 is 14.8 Å². The Balaban J connectivity index is 1.91. The van der Waals surface area contributed by atoms with Crippen LogP contribution in [0, 0.1) is 0 Å². The molecule has 0 aliphatic heterocycles.